The Bertz CT molecular complexity index is 617. The van der Waals surface area contributed by atoms with Crippen LogP contribution in [-0.4, -0.2) is 24.3 Å². The Labute approximate surface area is 189 Å². The molecule has 0 saturated carbocycles. The van der Waals surface area contributed by atoms with Gasteiger partial charge in [-0.15, -0.1) is 0 Å². The number of carbonyl (C=O) groups excluding carboxylic acids is 1. The van der Waals surface area contributed by atoms with Gasteiger partial charge in [-0.3, -0.25) is 4.79 Å². The molecule has 0 radical (unpaired) electrons. The van der Waals surface area contributed by atoms with Crippen LogP contribution in [0.4, 0.5) is 0 Å². The summed E-state index contributed by atoms with van der Waals surface area (Å²) in [6, 6.07) is 5.14. The summed E-state index contributed by atoms with van der Waals surface area (Å²) in [5.41, 5.74) is 3.03. The van der Waals surface area contributed by atoms with Crippen LogP contribution in [0.1, 0.15) is 115 Å². The molecule has 176 valence electrons. The molecule has 0 fully saturated rings. The quantitative estimate of drug-likeness (QED) is 0.139. The summed E-state index contributed by atoms with van der Waals surface area (Å²) in [5, 5.41) is 13.9. The largest absolute Gasteiger partial charge is 0.504 e. The molecular weight excluding hydrogens is 388 g/mol. The Morgan fingerprint density at radius 1 is 0.903 bits per heavy atom. The Hall–Kier alpha value is -2.04. The SMILES string of the molecule is CCCCCCCCCCCCCCCCCC(=O)NN=Cc1cccc(OC)c1O. The van der Waals surface area contributed by atoms with Crippen LogP contribution in [0.3, 0.4) is 0 Å². The number of methoxy groups -OCH3 is 1. The second kappa shape index (κ2) is 18.7. The fourth-order valence-electron chi connectivity index (χ4n) is 3.69. The molecule has 31 heavy (non-hydrogen) atoms. The molecule has 0 saturated heterocycles. The van der Waals surface area contributed by atoms with E-state index in [2.05, 4.69) is 17.5 Å². The van der Waals surface area contributed by atoms with Crippen molar-refractivity contribution >= 4 is 12.1 Å². The molecule has 0 unspecified atom stereocenters. The summed E-state index contributed by atoms with van der Waals surface area (Å²) in [7, 11) is 1.50. The first kappa shape index (κ1) is 27.0. The highest BCUT2D eigenvalue weighted by molar-refractivity contribution is 5.86. The van der Waals surface area contributed by atoms with Gasteiger partial charge in [-0.05, 0) is 18.6 Å². The monoisotopic (exact) mass is 432 g/mol. The van der Waals surface area contributed by atoms with Gasteiger partial charge in [-0.2, -0.15) is 5.10 Å². The number of nitrogens with zero attached hydrogens (tertiary/aromatic N) is 1. The minimum Gasteiger partial charge on any atom is -0.504 e. The van der Waals surface area contributed by atoms with Crippen LogP contribution in [-0.2, 0) is 4.79 Å². The zero-order chi connectivity index (χ0) is 22.6. The number of hydrazone groups is 1. The fraction of sp³-hybridized carbons (Fsp3) is 0.692. The molecule has 1 amide bonds. The first-order chi connectivity index (χ1) is 15.2. The number of ether oxygens (including phenoxy) is 1. The highest BCUT2D eigenvalue weighted by atomic mass is 16.5. The zero-order valence-electron chi connectivity index (χ0n) is 19.8. The van der Waals surface area contributed by atoms with E-state index < -0.39 is 0 Å². The molecule has 2 N–H and O–H groups in total. The topological polar surface area (TPSA) is 70.9 Å². The highest BCUT2D eigenvalue weighted by Gasteiger charge is 2.05. The second-order valence-electron chi connectivity index (χ2n) is 8.39. The second-order valence-corrected chi connectivity index (χ2v) is 8.39. The maximum absolute atomic E-state index is 11.9. The molecule has 0 bridgehead atoms. The average Bonchev–Trinajstić information content (AvgIpc) is 2.77. The first-order valence-electron chi connectivity index (χ1n) is 12.4. The first-order valence-corrected chi connectivity index (χ1v) is 12.4. The van der Waals surface area contributed by atoms with E-state index in [9.17, 15) is 9.90 Å². The van der Waals surface area contributed by atoms with Crippen molar-refractivity contribution in [1.82, 2.24) is 5.43 Å². The zero-order valence-corrected chi connectivity index (χ0v) is 19.8. The van der Waals surface area contributed by atoms with Crippen LogP contribution in [0.2, 0.25) is 0 Å². The number of rotatable bonds is 19. The highest BCUT2D eigenvalue weighted by Crippen LogP contribution is 2.27. The molecule has 5 heteroatoms. The summed E-state index contributed by atoms with van der Waals surface area (Å²) in [4.78, 5) is 11.9. The summed E-state index contributed by atoms with van der Waals surface area (Å²) in [5.74, 6) is 0.312. The molecule has 0 atom stereocenters. The maximum atomic E-state index is 11.9. The van der Waals surface area contributed by atoms with Crippen molar-refractivity contribution in [1.29, 1.82) is 0 Å². The Morgan fingerprint density at radius 2 is 1.42 bits per heavy atom. The summed E-state index contributed by atoms with van der Waals surface area (Å²) in [6.45, 7) is 2.27. The molecule has 0 spiro atoms. The average molecular weight is 433 g/mol. The van der Waals surface area contributed by atoms with Crippen LogP contribution in [0.25, 0.3) is 0 Å². The molecule has 1 aromatic rings. The van der Waals surface area contributed by atoms with Crippen molar-refractivity contribution in [2.24, 2.45) is 5.10 Å². The Balaban J connectivity index is 1.93. The number of aromatic hydroxyl groups is 1. The van der Waals surface area contributed by atoms with Crippen molar-refractivity contribution in [3.63, 3.8) is 0 Å². The predicted molar refractivity (Wildman–Crippen MR) is 130 cm³/mol. The normalized spacial score (nSPS) is 11.2. The summed E-state index contributed by atoms with van der Waals surface area (Å²) < 4.78 is 5.05. The molecule has 1 rings (SSSR count). The van der Waals surface area contributed by atoms with Crippen molar-refractivity contribution in [3.05, 3.63) is 23.8 Å². The third kappa shape index (κ3) is 13.8. The number of hydrogen-bond acceptors (Lipinski definition) is 4. The van der Waals surface area contributed by atoms with E-state index in [4.69, 9.17) is 4.74 Å². The Morgan fingerprint density at radius 3 is 1.94 bits per heavy atom. The van der Waals surface area contributed by atoms with Crippen molar-refractivity contribution < 1.29 is 14.6 Å². The van der Waals surface area contributed by atoms with E-state index >= 15 is 0 Å². The van der Waals surface area contributed by atoms with Gasteiger partial charge in [0, 0.05) is 12.0 Å². The standard InChI is InChI=1S/C26H44N2O3/c1-3-4-5-6-7-8-9-10-11-12-13-14-15-16-17-21-25(29)28-27-22-23-19-18-20-24(31-2)26(23)30/h18-20,22,30H,3-17,21H2,1-2H3,(H,28,29). The minimum absolute atomic E-state index is 0.0189. The number of nitrogens with one attached hydrogen (secondary N) is 1. The van der Waals surface area contributed by atoms with E-state index in [1.165, 1.54) is 96.8 Å². The lowest BCUT2D eigenvalue weighted by molar-refractivity contribution is -0.121. The number of unbranched alkanes of at least 4 members (excludes halogenated alkanes) is 14. The van der Waals surface area contributed by atoms with Gasteiger partial charge in [0.2, 0.25) is 5.91 Å². The van der Waals surface area contributed by atoms with Crippen LogP contribution in [0, 0.1) is 0 Å². The van der Waals surface area contributed by atoms with Crippen molar-refractivity contribution in [2.75, 3.05) is 7.11 Å². The molecular formula is C26H44N2O3. The molecule has 1 aromatic carbocycles. The number of phenolic OH excluding ortho intramolecular Hbond substituents is 1. The number of benzene rings is 1. The Kier molecular flexibility index (Phi) is 16.3. The van der Waals surface area contributed by atoms with Crippen LogP contribution in [0.5, 0.6) is 11.5 Å². The van der Waals surface area contributed by atoms with E-state index in [0.717, 1.165) is 12.8 Å². The van der Waals surface area contributed by atoms with Crippen molar-refractivity contribution in [2.45, 2.75) is 110 Å². The number of phenols is 1. The predicted octanol–water partition coefficient (Wildman–Crippen LogP) is 7.11. The van der Waals surface area contributed by atoms with E-state index in [1.807, 2.05) is 0 Å². The van der Waals surface area contributed by atoms with Crippen LogP contribution < -0.4 is 10.2 Å². The number of hydrogen-bond donors (Lipinski definition) is 2. The molecule has 0 aliphatic heterocycles. The lowest BCUT2D eigenvalue weighted by Gasteiger charge is -2.05. The van der Waals surface area contributed by atoms with Gasteiger partial charge in [0.25, 0.3) is 0 Å². The fourth-order valence-corrected chi connectivity index (χ4v) is 3.69. The summed E-state index contributed by atoms with van der Waals surface area (Å²) in [6.07, 6.45) is 21.6. The lowest BCUT2D eigenvalue weighted by Crippen LogP contribution is -2.16. The minimum atomic E-state index is -0.0895. The third-order valence-electron chi connectivity index (χ3n) is 5.65. The van der Waals surface area contributed by atoms with E-state index in [-0.39, 0.29) is 11.7 Å². The molecule has 0 aromatic heterocycles. The smallest absolute Gasteiger partial charge is 0.240 e. The number of carbonyl (C=O) groups is 1. The van der Waals surface area contributed by atoms with E-state index in [1.54, 1.807) is 18.2 Å². The molecule has 0 aliphatic carbocycles. The summed E-state index contributed by atoms with van der Waals surface area (Å²) >= 11 is 0. The molecule has 0 aliphatic rings. The third-order valence-corrected chi connectivity index (χ3v) is 5.65. The van der Waals surface area contributed by atoms with Gasteiger partial charge in [0.05, 0.1) is 13.3 Å². The van der Waals surface area contributed by atoms with Gasteiger partial charge in [0.15, 0.2) is 11.5 Å². The van der Waals surface area contributed by atoms with Gasteiger partial charge in [-0.1, -0.05) is 103 Å². The lowest BCUT2D eigenvalue weighted by atomic mass is 10.0. The molecule has 0 heterocycles. The number of para-hydroxylation sites is 1. The maximum Gasteiger partial charge on any atom is 0.240 e. The van der Waals surface area contributed by atoms with E-state index in [0.29, 0.717) is 17.7 Å². The van der Waals surface area contributed by atoms with Gasteiger partial charge in [-0.25, -0.2) is 5.43 Å². The number of amides is 1. The van der Waals surface area contributed by atoms with Gasteiger partial charge in [0.1, 0.15) is 0 Å². The van der Waals surface area contributed by atoms with Gasteiger partial charge < -0.3 is 9.84 Å². The van der Waals surface area contributed by atoms with Crippen LogP contribution in [0.15, 0.2) is 23.3 Å². The van der Waals surface area contributed by atoms with Crippen LogP contribution >= 0.6 is 0 Å². The molecule has 5 nitrogen and oxygen atoms in total. The van der Waals surface area contributed by atoms with Crippen molar-refractivity contribution in [3.8, 4) is 11.5 Å². The van der Waals surface area contributed by atoms with Gasteiger partial charge >= 0.3 is 0 Å².